The number of aromatic nitrogens is 3. The van der Waals surface area contributed by atoms with E-state index in [1.807, 2.05) is 30.3 Å². The molecule has 8 nitrogen and oxygen atoms in total. The van der Waals surface area contributed by atoms with E-state index in [2.05, 4.69) is 42.0 Å². The van der Waals surface area contributed by atoms with Gasteiger partial charge in [0.1, 0.15) is 11.9 Å². The second kappa shape index (κ2) is 9.05. The van der Waals surface area contributed by atoms with Crippen LogP contribution in [0.2, 0.25) is 0 Å². The molecule has 0 radical (unpaired) electrons. The van der Waals surface area contributed by atoms with Crippen molar-refractivity contribution in [2.24, 2.45) is 5.92 Å². The number of piperidine rings is 1. The number of nitrogens with zero attached hydrogens (tertiary/aromatic N) is 5. The maximum absolute atomic E-state index is 12.4. The lowest BCUT2D eigenvalue weighted by molar-refractivity contribution is -0.151. The van der Waals surface area contributed by atoms with E-state index in [4.69, 9.17) is 14.5 Å². The van der Waals surface area contributed by atoms with Crippen LogP contribution in [-0.4, -0.2) is 34.2 Å². The molecule has 2 aromatic heterocycles. The number of carbonyl (C=O) groups excluding carboxylic acids is 1. The van der Waals surface area contributed by atoms with E-state index in [0.29, 0.717) is 37.3 Å². The summed E-state index contributed by atoms with van der Waals surface area (Å²) in [5.41, 5.74) is 1.34. The number of rotatable bonds is 5. The summed E-state index contributed by atoms with van der Waals surface area (Å²) in [5.74, 6) is 1.09. The first kappa shape index (κ1) is 20.0. The van der Waals surface area contributed by atoms with Gasteiger partial charge in [-0.25, -0.2) is 4.98 Å². The maximum atomic E-state index is 12.4. The molecule has 0 spiro atoms. The number of hydrogen-bond donors (Lipinski definition) is 0. The smallest absolute Gasteiger partial charge is 0.309 e. The van der Waals surface area contributed by atoms with Gasteiger partial charge >= 0.3 is 5.97 Å². The molecule has 1 saturated heterocycles. The highest BCUT2D eigenvalue weighted by molar-refractivity contribution is 9.10. The minimum Gasteiger partial charge on any atom is -0.455 e. The second-order valence-corrected chi connectivity index (χ2v) is 7.82. The van der Waals surface area contributed by atoms with Crippen LogP contribution in [0, 0.1) is 17.2 Å². The van der Waals surface area contributed by atoms with Gasteiger partial charge in [-0.15, -0.1) is 0 Å². The number of nitriles is 1. The van der Waals surface area contributed by atoms with Crippen LogP contribution in [-0.2, 0) is 16.1 Å². The van der Waals surface area contributed by atoms with E-state index in [9.17, 15) is 4.79 Å². The van der Waals surface area contributed by atoms with Gasteiger partial charge in [-0.05, 0) is 37.1 Å². The Hall–Kier alpha value is -3.25. The quantitative estimate of drug-likeness (QED) is 0.522. The molecule has 152 valence electrons. The zero-order chi connectivity index (χ0) is 20.9. The highest BCUT2D eigenvalue weighted by atomic mass is 79.9. The molecule has 1 aliphatic heterocycles. The fraction of sp³-hybridized carbons (Fsp3) is 0.286. The molecule has 0 N–H and O–H groups in total. The minimum absolute atomic E-state index is 0.0444. The molecule has 3 aromatic rings. The van der Waals surface area contributed by atoms with Crippen LogP contribution in [0.5, 0.6) is 0 Å². The molecule has 0 amide bonds. The standard InChI is InChI=1S/C21H18BrN5O3/c22-17-3-1-2-16(10-17)20-25-19(30-26-20)13-29-21(28)15-6-8-27(9-7-15)18-5-4-14(11-23)12-24-18/h1-5,10,12,15H,6-9,13H2. The van der Waals surface area contributed by atoms with Crippen LogP contribution >= 0.6 is 15.9 Å². The Kier molecular flexibility index (Phi) is 6.05. The van der Waals surface area contributed by atoms with Crippen molar-refractivity contribution in [1.82, 2.24) is 15.1 Å². The van der Waals surface area contributed by atoms with Crippen molar-refractivity contribution >= 4 is 27.7 Å². The Morgan fingerprint density at radius 2 is 2.13 bits per heavy atom. The first-order valence-electron chi connectivity index (χ1n) is 9.48. The van der Waals surface area contributed by atoms with Gasteiger partial charge in [0, 0.05) is 29.3 Å². The van der Waals surface area contributed by atoms with Gasteiger partial charge in [-0.1, -0.05) is 33.2 Å². The van der Waals surface area contributed by atoms with Gasteiger partial charge in [0.05, 0.1) is 11.5 Å². The first-order chi connectivity index (χ1) is 14.6. The largest absolute Gasteiger partial charge is 0.455 e. The van der Waals surface area contributed by atoms with Crippen LogP contribution in [0.15, 0.2) is 51.6 Å². The van der Waals surface area contributed by atoms with Gasteiger partial charge in [-0.3, -0.25) is 4.79 Å². The summed E-state index contributed by atoms with van der Waals surface area (Å²) in [6, 6.07) is 13.2. The third-order valence-electron chi connectivity index (χ3n) is 4.92. The van der Waals surface area contributed by atoms with Gasteiger partial charge in [0.25, 0.3) is 5.89 Å². The predicted octanol–water partition coefficient (Wildman–Crippen LogP) is 3.73. The van der Waals surface area contributed by atoms with Gasteiger partial charge in [0.15, 0.2) is 6.61 Å². The molecular formula is C21H18BrN5O3. The van der Waals surface area contributed by atoms with Crippen LogP contribution in [0.4, 0.5) is 5.82 Å². The van der Waals surface area contributed by atoms with Crippen LogP contribution in [0.1, 0.15) is 24.3 Å². The number of ether oxygens (including phenoxy) is 1. The number of carbonyl (C=O) groups is 1. The van der Waals surface area contributed by atoms with E-state index in [0.717, 1.165) is 15.9 Å². The average Bonchev–Trinajstić information content (AvgIpc) is 3.27. The second-order valence-electron chi connectivity index (χ2n) is 6.91. The SMILES string of the molecule is N#Cc1ccc(N2CCC(C(=O)OCc3nc(-c4cccc(Br)c4)no3)CC2)nc1. The molecule has 1 fully saturated rings. The predicted molar refractivity (Wildman–Crippen MR) is 111 cm³/mol. The third-order valence-corrected chi connectivity index (χ3v) is 5.41. The number of benzene rings is 1. The number of pyridine rings is 1. The lowest BCUT2D eigenvalue weighted by Gasteiger charge is -2.31. The van der Waals surface area contributed by atoms with Crippen molar-refractivity contribution in [2.45, 2.75) is 19.4 Å². The zero-order valence-electron chi connectivity index (χ0n) is 16.0. The number of anilines is 1. The lowest BCUT2D eigenvalue weighted by atomic mass is 9.97. The molecule has 0 saturated carbocycles. The molecule has 0 unspecified atom stereocenters. The fourth-order valence-electron chi connectivity index (χ4n) is 3.29. The third kappa shape index (κ3) is 4.66. The van der Waals surface area contributed by atoms with Crippen molar-refractivity contribution in [3.05, 3.63) is 58.5 Å². The summed E-state index contributed by atoms with van der Waals surface area (Å²) in [4.78, 5) is 23.1. The fourth-order valence-corrected chi connectivity index (χ4v) is 3.69. The summed E-state index contributed by atoms with van der Waals surface area (Å²) in [6.07, 6.45) is 2.91. The number of halogens is 1. The molecule has 9 heteroatoms. The van der Waals surface area contributed by atoms with Crippen molar-refractivity contribution in [3.8, 4) is 17.5 Å². The van der Waals surface area contributed by atoms with Crippen molar-refractivity contribution in [3.63, 3.8) is 0 Å². The molecule has 0 atom stereocenters. The molecule has 4 rings (SSSR count). The molecule has 0 aliphatic carbocycles. The summed E-state index contributed by atoms with van der Waals surface area (Å²) in [5, 5.41) is 12.8. The molecule has 30 heavy (non-hydrogen) atoms. The monoisotopic (exact) mass is 467 g/mol. The normalized spacial score (nSPS) is 14.3. The van der Waals surface area contributed by atoms with Gasteiger partial charge in [0.2, 0.25) is 5.82 Å². The van der Waals surface area contributed by atoms with Crippen LogP contribution in [0.25, 0.3) is 11.4 Å². The molecule has 3 heterocycles. The van der Waals surface area contributed by atoms with Crippen LogP contribution < -0.4 is 4.90 Å². The van der Waals surface area contributed by atoms with Gasteiger partial charge < -0.3 is 14.2 Å². The van der Waals surface area contributed by atoms with Crippen molar-refractivity contribution < 1.29 is 14.1 Å². The molecular weight excluding hydrogens is 450 g/mol. The minimum atomic E-state index is -0.260. The Balaban J connectivity index is 1.28. The van der Waals surface area contributed by atoms with Gasteiger partial charge in [-0.2, -0.15) is 10.2 Å². The topological polar surface area (TPSA) is 105 Å². The number of esters is 1. The van der Waals surface area contributed by atoms with E-state index < -0.39 is 0 Å². The zero-order valence-corrected chi connectivity index (χ0v) is 17.6. The molecule has 1 aromatic carbocycles. The average molecular weight is 468 g/mol. The Morgan fingerprint density at radius 1 is 1.30 bits per heavy atom. The Labute approximate surface area is 181 Å². The first-order valence-corrected chi connectivity index (χ1v) is 10.3. The van der Waals surface area contributed by atoms with E-state index in [1.165, 1.54) is 0 Å². The number of hydrogen-bond acceptors (Lipinski definition) is 8. The highest BCUT2D eigenvalue weighted by Gasteiger charge is 2.27. The van der Waals surface area contributed by atoms with Crippen molar-refractivity contribution in [2.75, 3.05) is 18.0 Å². The van der Waals surface area contributed by atoms with Crippen LogP contribution in [0.3, 0.4) is 0 Å². The molecule has 0 bridgehead atoms. The maximum Gasteiger partial charge on any atom is 0.309 e. The summed E-state index contributed by atoms with van der Waals surface area (Å²) in [6.45, 7) is 1.36. The van der Waals surface area contributed by atoms with Crippen molar-refractivity contribution in [1.29, 1.82) is 5.26 Å². The van der Waals surface area contributed by atoms with E-state index in [1.54, 1.807) is 12.3 Å². The highest BCUT2D eigenvalue weighted by Crippen LogP contribution is 2.24. The van der Waals surface area contributed by atoms with E-state index in [-0.39, 0.29) is 24.4 Å². The Morgan fingerprint density at radius 3 is 2.83 bits per heavy atom. The summed E-state index contributed by atoms with van der Waals surface area (Å²) in [7, 11) is 0. The van der Waals surface area contributed by atoms with E-state index >= 15 is 0 Å². The summed E-state index contributed by atoms with van der Waals surface area (Å²) < 4.78 is 11.5. The molecule has 1 aliphatic rings. The lowest BCUT2D eigenvalue weighted by Crippen LogP contribution is -2.37. The Bertz CT molecular complexity index is 1070. The summed E-state index contributed by atoms with van der Waals surface area (Å²) >= 11 is 3.41.